The van der Waals surface area contributed by atoms with E-state index in [-0.39, 0.29) is 22.9 Å². The lowest BCUT2D eigenvalue weighted by Gasteiger charge is -2.25. The molecular weight excluding hydrogens is 394 g/mol. The lowest BCUT2D eigenvalue weighted by Crippen LogP contribution is -2.40. The van der Waals surface area contributed by atoms with Gasteiger partial charge in [-0.1, -0.05) is 11.6 Å². The predicted molar refractivity (Wildman–Crippen MR) is 85.0 cm³/mol. The van der Waals surface area contributed by atoms with Gasteiger partial charge in [0.1, 0.15) is 12.2 Å². The fourth-order valence-electron chi connectivity index (χ4n) is 1.94. The van der Waals surface area contributed by atoms with E-state index in [0.717, 1.165) is 0 Å². The monoisotopic (exact) mass is 405 g/mol. The summed E-state index contributed by atoms with van der Waals surface area (Å²) < 4.78 is 10.3. The van der Waals surface area contributed by atoms with Gasteiger partial charge in [-0.25, -0.2) is 14.4 Å². The Hall–Kier alpha value is -1.80. The molecule has 1 aliphatic rings. The van der Waals surface area contributed by atoms with Crippen LogP contribution in [0.15, 0.2) is 10.5 Å². The van der Waals surface area contributed by atoms with Crippen molar-refractivity contribution in [2.24, 2.45) is 0 Å². The fraction of sp³-hybridized carbons (Fsp3) is 0.357. The third-order valence-corrected chi connectivity index (χ3v) is 4.35. The molecule has 9 heteroatoms. The molecule has 0 saturated heterocycles. The maximum atomic E-state index is 12.2. The van der Waals surface area contributed by atoms with Gasteiger partial charge in [-0.3, -0.25) is 0 Å². The zero-order valence-corrected chi connectivity index (χ0v) is 14.8. The number of carbonyl (C=O) groups excluding carboxylic acids is 2. The topological polar surface area (TPSA) is 93.1 Å². The second-order valence-electron chi connectivity index (χ2n) is 5.72. The quantitative estimate of drug-likeness (QED) is 0.703. The van der Waals surface area contributed by atoms with Crippen molar-refractivity contribution < 1.29 is 29.0 Å². The van der Waals surface area contributed by atoms with Crippen LogP contribution in [0.1, 0.15) is 36.7 Å². The number of fused-ring (bicyclic) bond motifs is 1. The first-order valence-electron chi connectivity index (χ1n) is 6.47. The molecule has 0 bridgehead atoms. The average molecular weight is 407 g/mol. The van der Waals surface area contributed by atoms with Crippen molar-refractivity contribution in [1.29, 1.82) is 0 Å². The zero-order chi connectivity index (χ0) is 17.5. The molecule has 1 aromatic rings. The molecule has 7 nitrogen and oxygen atoms in total. The third kappa shape index (κ3) is 3.42. The Balaban J connectivity index is 2.55. The zero-order valence-electron chi connectivity index (χ0n) is 12.5. The van der Waals surface area contributed by atoms with E-state index in [4.69, 9.17) is 21.1 Å². The minimum atomic E-state index is -1.58. The summed E-state index contributed by atoms with van der Waals surface area (Å²) >= 11 is 9.35. The molecule has 1 aromatic carbocycles. The van der Waals surface area contributed by atoms with E-state index < -0.39 is 23.8 Å². The van der Waals surface area contributed by atoms with Crippen molar-refractivity contribution in [1.82, 2.24) is 0 Å². The van der Waals surface area contributed by atoms with Crippen LogP contribution in [-0.4, -0.2) is 28.9 Å². The molecule has 0 fully saturated rings. The van der Waals surface area contributed by atoms with E-state index in [1.807, 2.05) is 0 Å². The Bertz CT molecular complexity index is 712. The SMILES string of the molecule is CC(C)(C)OC(=O)N(C(=O)O)c1cc2c(c(Br)c1Cl)COC2=O. The minimum Gasteiger partial charge on any atom is -0.464 e. The summed E-state index contributed by atoms with van der Waals surface area (Å²) in [6.45, 7) is 4.82. The number of anilines is 1. The molecule has 0 saturated carbocycles. The highest BCUT2D eigenvalue weighted by Gasteiger charge is 2.34. The number of benzene rings is 1. The van der Waals surface area contributed by atoms with Gasteiger partial charge >= 0.3 is 18.2 Å². The Morgan fingerprint density at radius 3 is 2.57 bits per heavy atom. The van der Waals surface area contributed by atoms with Crippen LogP contribution < -0.4 is 4.90 Å². The Kier molecular flexibility index (Phi) is 4.59. The van der Waals surface area contributed by atoms with Crippen molar-refractivity contribution in [2.45, 2.75) is 33.0 Å². The number of imide groups is 1. The molecule has 0 radical (unpaired) electrons. The van der Waals surface area contributed by atoms with Crippen molar-refractivity contribution in [2.75, 3.05) is 4.90 Å². The van der Waals surface area contributed by atoms with E-state index >= 15 is 0 Å². The molecular formula is C14H13BrClNO6. The van der Waals surface area contributed by atoms with Gasteiger partial charge in [0.25, 0.3) is 0 Å². The molecule has 1 N–H and O–H groups in total. The molecule has 1 aliphatic heterocycles. The summed E-state index contributed by atoms with van der Waals surface area (Å²) in [6, 6.07) is 1.20. The molecule has 0 spiro atoms. The lowest BCUT2D eigenvalue weighted by molar-refractivity contribution is 0.0531. The van der Waals surface area contributed by atoms with Crippen molar-refractivity contribution in [3.8, 4) is 0 Å². The number of ether oxygens (including phenoxy) is 2. The number of nitrogens with zero attached hydrogens (tertiary/aromatic N) is 1. The smallest absolute Gasteiger partial charge is 0.424 e. The number of hydrogen-bond acceptors (Lipinski definition) is 5. The van der Waals surface area contributed by atoms with Crippen LogP contribution >= 0.6 is 27.5 Å². The van der Waals surface area contributed by atoms with Gasteiger partial charge in [0.15, 0.2) is 0 Å². The number of hydrogen-bond donors (Lipinski definition) is 1. The van der Waals surface area contributed by atoms with Gasteiger partial charge in [0, 0.05) is 10.0 Å². The van der Waals surface area contributed by atoms with Gasteiger partial charge in [-0.2, -0.15) is 4.90 Å². The molecule has 0 aromatic heterocycles. The average Bonchev–Trinajstić information content (AvgIpc) is 2.75. The predicted octanol–water partition coefficient (Wildman–Crippen LogP) is 4.19. The van der Waals surface area contributed by atoms with E-state index in [2.05, 4.69) is 15.9 Å². The number of carbonyl (C=O) groups is 3. The highest BCUT2D eigenvalue weighted by Crippen LogP contribution is 2.41. The van der Waals surface area contributed by atoms with Crippen LogP contribution in [0.4, 0.5) is 15.3 Å². The maximum Gasteiger partial charge on any atom is 0.424 e. The number of cyclic esters (lactones) is 1. The first kappa shape index (κ1) is 17.6. The number of halogens is 2. The van der Waals surface area contributed by atoms with Crippen LogP contribution in [0.3, 0.4) is 0 Å². The molecule has 124 valence electrons. The standard InChI is InChI=1S/C14H13BrClNO6/c1-14(2,3)23-13(21)17(12(19)20)8-4-6-7(5-22-11(6)18)9(15)10(8)16/h4H,5H2,1-3H3,(H,19,20). The highest BCUT2D eigenvalue weighted by molar-refractivity contribution is 9.10. The van der Waals surface area contributed by atoms with E-state index in [0.29, 0.717) is 14.9 Å². The number of rotatable bonds is 1. The molecule has 23 heavy (non-hydrogen) atoms. The van der Waals surface area contributed by atoms with Gasteiger partial charge in [0.05, 0.1) is 16.3 Å². The summed E-state index contributed by atoms with van der Waals surface area (Å²) in [5, 5.41) is 9.33. The summed E-state index contributed by atoms with van der Waals surface area (Å²) in [7, 11) is 0. The van der Waals surface area contributed by atoms with Gasteiger partial charge < -0.3 is 14.6 Å². The van der Waals surface area contributed by atoms with Crippen molar-refractivity contribution >= 4 is 51.4 Å². The lowest BCUT2D eigenvalue weighted by atomic mass is 10.1. The fourth-order valence-corrected chi connectivity index (χ4v) is 2.72. The van der Waals surface area contributed by atoms with E-state index in [9.17, 15) is 19.5 Å². The first-order chi connectivity index (χ1) is 10.5. The van der Waals surface area contributed by atoms with Crippen LogP contribution in [0.5, 0.6) is 0 Å². The Labute approximate surface area is 145 Å². The van der Waals surface area contributed by atoms with Crippen LogP contribution in [0.2, 0.25) is 5.02 Å². The summed E-state index contributed by atoms with van der Waals surface area (Å²) in [5.41, 5.74) is -0.438. The summed E-state index contributed by atoms with van der Waals surface area (Å²) in [4.78, 5) is 35.7. The Morgan fingerprint density at radius 2 is 2.04 bits per heavy atom. The van der Waals surface area contributed by atoms with Crippen LogP contribution in [0.25, 0.3) is 0 Å². The summed E-state index contributed by atoms with van der Waals surface area (Å²) in [6.07, 6.45) is -2.70. The van der Waals surface area contributed by atoms with E-state index in [1.54, 1.807) is 20.8 Å². The summed E-state index contributed by atoms with van der Waals surface area (Å²) in [5.74, 6) is -0.617. The first-order valence-corrected chi connectivity index (χ1v) is 7.64. The molecule has 1 heterocycles. The van der Waals surface area contributed by atoms with Gasteiger partial charge in [-0.05, 0) is 42.8 Å². The number of amides is 2. The molecule has 0 unspecified atom stereocenters. The molecule has 0 atom stereocenters. The molecule has 0 aliphatic carbocycles. The number of esters is 1. The molecule has 2 amide bonds. The largest absolute Gasteiger partial charge is 0.464 e. The third-order valence-electron chi connectivity index (χ3n) is 2.86. The number of carboxylic acid groups (broad SMARTS) is 1. The minimum absolute atomic E-state index is 0.0221. The van der Waals surface area contributed by atoms with Gasteiger partial charge in [-0.15, -0.1) is 0 Å². The Morgan fingerprint density at radius 1 is 1.43 bits per heavy atom. The second-order valence-corrected chi connectivity index (χ2v) is 6.90. The van der Waals surface area contributed by atoms with Crippen molar-refractivity contribution in [3.05, 3.63) is 26.7 Å². The highest BCUT2D eigenvalue weighted by atomic mass is 79.9. The van der Waals surface area contributed by atoms with Crippen LogP contribution in [0, 0.1) is 0 Å². The van der Waals surface area contributed by atoms with Crippen molar-refractivity contribution in [3.63, 3.8) is 0 Å². The maximum absolute atomic E-state index is 12.2. The van der Waals surface area contributed by atoms with E-state index in [1.165, 1.54) is 6.07 Å². The van der Waals surface area contributed by atoms with Crippen LogP contribution in [-0.2, 0) is 16.1 Å². The second kappa shape index (κ2) is 6.01. The molecule has 2 rings (SSSR count). The normalized spacial score (nSPS) is 13.3. The van der Waals surface area contributed by atoms with Gasteiger partial charge in [0.2, 0.25) is 0 Å².